The van der Waals surface area contributed by atoms with Crippen LogP contribution in [0, 0.1) is 0 Å². The Morgan fingerprint density at radius 2 is 1.34 bits per heavy atom. The molecule has 2 aromatic carbocycles. The van der Waals surface area contributed by atoms with Crippen LogP contribution < -0.4 is 14.2 Å². The van der Waals surface area contributed by atoms with E-state index in [-0.39, 0.29) is 23.0 Å². The molecule has 0 heterocycles. The number of rotatable bonds is 10. The Labute approximate surface area is 168 Å². The maximum Gasteiger partial charge on any atom is 0.161 e. The second kappa shape index (κ2) is 10.3. The fourth-order valence-corrected chi connectivity index (χ4v) is 2.74. The summed E-state index contributed by atoms with van der Waals surface area (Å²) in [6, 6.07) is 8.60. The molecule has 0 saturated carbocycles. The minimum Gasteiger partial charge on any atom is -0.504 e. The third-order valence-electron chi connectivity index (χ3n) is 4.44. The van der Waals surface area contributed by atoms with E-state index >= 15 is 0 Å². The Balaban J connectivity index is 2.25. The Hall–Kier alpha value is -2.56. The maximum absolute atomic E-state index is 10.6. The van der Waals surface area contributed by atoms with Crippen molar-refractivity contribution in [3.63, 3.8) is 0 Å². The molecule has 0 aliphatic rings. The monoisotopic (exact) mass is 410 g/mol. The van der Waals surface area contributed by atoms with Gasteiger partial charge < -0.3 is 44.8 Å². The smallest absolute Gasteiger partial charge is 0.161 e. The number of hydrogen-bond acceptors (Lipinski definition) is 9. The van der Waals surface area contributed by atoms with Crippen LogP contribution >= 0.6 is 0 Å². The van der Waals surface area contributed by atoms with Crippen molar-refractivity contribution in [2.24, 2.45) is 0 Å². The van der Waals surface area contributed by atoms with Crippen LogP contribution in [0.25, 0.3) is 0 Å². The average Bonchev–Trinajstić information content (AvgIpc) is 2.76. The maximum atomic E-state index is 10.6. The van der Waals surface area contributed by atoms with E-state index in [2.05, 4.69) is 0 Å². The lowest BCUT2D eigenvalue weighted by molar-refractivity contribution is -0.0156. The Morgan fingerprint density at radius 3 is 1.93 bits per heavy atom. The summed E-state index contributed by atoms with van der Waals surface area (Å²) in [5, 5.41) is 58.6. The summed E-state index contributed by atoms with van der Waals surface area (Å²) in [5.74, 6) is 0.453. The summed E-state index contributed by atoms with van der Waals surface area (Å²) in [7, 11) is 2.75. The van der Waals surface area contributed by atoms with Crippen LogP contribution in [0.4, 0.5) is 0 Å². The molecule has 6 N–H and O–H groups in total. The van der Waals surface area contributed by atoms with Gasteiger partial charge in [-0.1, -0.05) is 12.1 Å². The molecule has 9 nitrogen and oxygen atoms in total. The summed E-state index contributed by atoms with van der Waals surface area (Å²) in [6.45, 7) is -1.14. The second-order valence-corrected chi connectivity index (χ2v) is 6.32. The largest absolute Gasteiger partial charge is 0.504 e. The molecule has 0 amide bonds. The predicted molar refractivity (Wildman–Crippen MR) is 102 cm³/mol. The highest BCUT2D eigenvalue weighted by Crippen LogP contribution is 2.35. The standard InChI is InChI=1S/C20H26O9/c1-27-16-7-12(3-5-13(16)23)20(26)18(10-22)29-15-6-4-11(8-17(15)28-2)19(25)14(24)9-21/h3-8,14,18-26H,9-10H2,1-2H3/t14-,18-,19-,20+/m1/s1. The molecule has 9 heteroatoms. The first-order valence-corrected chi connectivity index (χ1v) is 8.83. The summed E-state index contributed by atoms with van der Waals surface area (Å²) >= 11 is 0. The Kier molecular flexibility index (Phi) is 8.06. The fourth-order valence-electron chi connectivity index (χ4n) is 2.74. The second-order valence-electron chi connectivity index (χ2n) is 6.32. The van der Waals surface area contributed by atoms with Crippen LogP contribution in [0.5, 0.6) is 23.0 Å². The van der Waals surface area contributed by atoms with Crippen molar-refractivity contribution >= 4 is 0 Å². The van der Waals surface area contributed by atoms with E-state index in [1.807, 2.05) is 0 Å². The van der Waals surface area contributed by atoms with Gasteiger partial charge in [0.05, 0.1) is 27.4 Å². The minimum absolute atomic E-state index is 0.0919. The minimum atomic E-state index is -1.36. The van der Waals surface area contributed by atoms with Gasteiger partial charge in [0.25, 0.3) is 0 Å². The number of ether oxygens (including phenoxy) is 3. The third-order valence-corrected chi connectivity index (χ3v) is 4.44. The number of benzene rings is 2. The number of aliphatic hydroxyl groups excluding tert-OH is 5. The molecule has 0 aromatic heterocycles. The molecular formula is C20H26O9. The van der Waals surface area contributed by atoms with Gasteiger partial charge in [0.1, 0.15) is 18.3 Å². The first-order chi connectivity index (χ1) is 13.9. The lowest BCUT2D eigenvalue weighted by Gasteiger charge is -2.25. The number of aromatic hydroxyl groups is 1. The van der Waals surface area contributed by atoms with E-state index in [0.717, 1.165) is 0 Å². The topological polar surface area (TPSA) is 149 Å². The Bertz CT molecular complexity index is 796. The van der Waals surface area contributed by atoms with Gasteiger partial charge in [-0.05, 0) is 35.4 Å². The van der Waals surface area contributed by atoms with Crippen molar-refractivity contribution in [1.29, 1.82) is 0 Å². The first-order valence-electron chi connectivity index (χ1n) is 8.83. The highest BCUT2D eigenvalue weighted by molar-refractivity contribution is 5.45. The summed E-state index contributed by atoms with van der Waals surface area (Å²) < 4.78 is 16.0. The molecule has 29 heavy (non-hydrogen) atoms. The zero-order valence-corrected chi connectivity index (χ0v) is 16.1. The Morgan fingerprint density at radius 1 is 0.759 bits per heavy atom. The van der Waals surface area contributed by atoms with Crippen molar-refractivity contribution < 1.29 is 44.8 Å². The van der Waals surface area contributed by atoms with Crippen molar-refractivity contribution in [2.45, 2.75) is 24.4 Å². The molecule has 0 saturated heterocycles. The SMILES string of the molecule is COc1cc([C@H](O)[C@@H](CO)Oc2ccc([C@@H](O)[C@H](O)CO)cc2OC)ccc1O. The van der Waals surface area contributed by atoms with Gasteiger partial charge in [0.2, 0.25) is 0 Å². The summed E-state index contributed by atoms with van der Waals surface area (Å²) in [4.78, 5) is 0. The lowest BCUT2D eigenvalue weighted by atomic mass is 10.0. The molecule has 2 aromatic rings. The lowest BCUT2D eigenvalue weighted by Crippen LogP contribution is -2.29. The van der Waals surface area contributed by atoms with E-state index in [9.17, 15) is 25.5 Å². The number of phenolic OH excluding ortho intramolecular Hbond substituents is 1. The molecule has 0 spiro atoms. The van der Waals surface area contributed by atoms with Crippen LogP contribution in [0.1, 0.15) is 23.3 Å². The van der Waals surface area contributed by atoms with Crippen molar-refractivity contribution in [3.8, 4) is 23.0 Å². The van der Waals surface area contributed by atoms with Gasteiger partial charge in [0, 0.05) is 0 Å². The normalized spacial score (nSPS) is 15.3. The third kappa shape index (κ3) is 5.28. The van der Waals surface area contributed by atoms with Crippen LogP contribution in [-0.2, 0) is 0 Å². The van der Waals surface area contributed by atoms with E-state index in [1.54, 1.807) is 0 Å². The molecule has 160 valence electrons. The molecule has 4 atom stereocenters. The molecule has 0 unspecified atom stereocenters. The highest BCUT2D eigenvalue weighted by Gasteiger charge is 2.25. The van der Waals surface area contributed by atoms with Crippen LogP contribution in [0.3, 0.4) is 0 Å². The molecule has 0 radical (unpaired) electrons. The number of phenols is 1. The zero-order valence-electron chi connectivity index (χ0n) is 16.1. The van der Waals surface area contributed by atoms with Crippen LogP contribution in [0.15, 0.2) is 36.4 Å². The summed E-state index contributed by atoms with van der Waals surface area (Å²) in [5.41, 5.74) is 0.649. The quantitative estimate of drug-likeness (QED) is 0.324. The van der Waals surface area contributed by atoms with Crippen molar-refractivity contribution in [2.75, 3.05) is 27.4 Å². The molecule has 0 aliphatic carbocycles. The van der Waals surface area contributed by atoms with Crippen LogP contribution in [0.2, 0.25) is 0 Å². The average molecular weight is 410 g/mol. The van der Waals surface area contributed by atoms with Crippen molar-refractivity contribution in [3.05, 3.63) is 47.5 Å². The fraction of sp³-hybridized carbons (Fsp3) is 0.400. The van der Waals surface area contributed by atoms with E-state index in [1.165, 1.54) is 50.6 Å². The van der Waals surface area contributed by atoms with E-state index in [4.69, 9.17) is 19.3 Å². The van der Waals surface area contributed by atoms with Gasteiger partial charge in [0.15, 0.2) is 29.1 Å². The first kappa shape index (κ1) is 22.7. The van der Waals surface area contributed by atoms with Gasteiger partial charge in [-0.15, -0.1) is 0 Å². The van der Waals surface area contributed by atoms with Gasteiger partial charge >= 0.3 is 0 Å². The van der Waals surface area contributed by atoms with Crippen molar-refractivity contribution in [1.82, 2.24) is 0 Å². The zero-order chi connectivity index (χ0) is 21.6. The van der Waals surface area contributed by atoms with E-state index in [0.29, 0.717) is 11.1 Å². The molecule has 0 fully saturated rings. The van der Waals surface area contributed by atoms with Gasteiger partial charge in [-0.25, -0.2) is 0 Å². The molecular weight excluding hydrogens is 384 g/mol. The van der Waals surface area contributed by atoms with Gasteiger partial charge in [-0.3, -0.25) is 0 Å². The number of aliphatic hydroxyl groups is 5. The highest BCUT2D eigenvalue weighted by atomic mass is 16.5. The molecule has 0 aliphatic heterocycles. The molecule has 0 bridgehead atoms. The molecule has 2 rings (SSSR count). The number of hydrogen-bond donors (Lipinski definition) is 6. The van der Waals surface area contributed by atoms with E-state index < -0.39 is 37.6 Å². The van der Waals surface area contributed by atoms with Crippen LogP contribution in [-0.4, -0.2) is 70.3 Å². The number of methoxy groups -OCH3 is 2. The van der Waals surface area contributed by atoms with Gasteiger partial charge in [-0.2, -0.15) is 0 Å². The summed E-state index contributed by atoms with van der Waals surface area (Å²) in [6.07, 6.45) is -5.01. The predicted octanol–water partition coefficient (Wildman–Crippen LogP) is 0.269.